The van der Waals surface area contributed by atoms with Gasteiger partial charge in [-0.05, 0) is 31.4 Å². The largest absolute Gasteiger partial charge is 0.573 e. The normalized spacial score (nSPS) is 17.4. The van der Waals surface area contributed by atoms with Gasteiger partial charge in [0.25, 0.3) is 5.91 Å². The van der Waals surface area contributed by atoms with Crippen LogP contribution in [-0.2, 0) is 11.8 Å². The lowest BCUT2D eigenvalue weighted by atomic mass is 9.61. The van der Waals surface area contributed by atoms with Crippen LogP contribution in [0.2, 0.25) is 0 Å². The van der Waals surface area contributed by atoms with Crippen LogP contribution in [0.5, 0.6) is 5.75 Å². The minimum atomic E-state index is -4.82. The molecule has 1 aliphatic heterocycles. The van der Waals surface area contributed by atoms with Crippen molar-refractivity contribution in [2.45, 2.75) is 32.2 Å². The zero-order valence-electron chi connectivity index (χ0n) is 18.4. The number of halogens is 3. The number of ether oxygens (including phenoxy) is 2. The molecule has 1 spiro atoms. The van der Waals surface area contributed by atoms with Crippen molar-refractivity contribution in [2.75, 3.05) is 18.4 Å². The molecule has 3 aromatic rings. The second kappa shape index (κ2) is 7.67. The number of aromatic nitrogens is 3. The van der Waals surface area contributed by atoms with Crippen molar-refractivity contribution in [1.29, 1.82) is 0 Å². The lowest BCUT2D eigenvalue weighted by Crippen LogP contribution is -2.65. The van der Waals surface area contributed by atoms with Crippen LogP contribution in [0.4, 0.5) is 23.7 Å². The van der Waals surface area contributed by atoms with E-state index in [9.17, 15) is 22.8 Å². The Morgan fingerprint density at radius 1 is 1.21 bits per heavy atom. The molecule has 3 heterocycles. The molecule has 0 bridgehead atoms. The van der Waals surface area contributed by atoms with E-state index in [1.807, 2.05) is 17.8 Å². The van der Waals surface area contributed by atoms with E-state index in [1.165, 1.54) is 12.1 Å². The Hall–Kier alpha value is -3.70. The zero-order chi connectivity index (χ0) is 24.3. The molecule has 1 saturated carbocycles. The highest BCUT2D eigenvalue weighted by Gasteiger charge is 2.55. The highest BCUT2D eigenvalue weighted by molar-refractivity contribution is 6.00. The average Bonchev–Trinajstić information content (AvgIpc) is 3.27. The molecule has 1 saturated heterocycles. The summed E-state index contributed by atoms with van der Waals surface area (Å²) in [6, 6.07) is 3.69. The molecule has 9 nitrogen and oxygen atoms in total. The number of alkyl halides is 3. The van der Waals surface area contributed by atoms with Gasteiger partial charge in [-0.2, -0.15) is 5.10 Å². The van der Waals surface area contributed by atoms with Crippen molar-refractivity contribution < 1.29 is 32.2 Å². The van der Waals surface area contributed by atoms with Gasteiger partial charge in [-0.15, -0.1) is 13.2 Å². The van der Waals surface area contributed by atoms with Crippen molar-refractivity contribution in [2.24, 2.45) is 12.5 Å². The summed E-state index contributed by atoms with van der Waals surface area (Å²) in [5, 5.41) is 6.68. The third kappa shape index (κ3) is 4.03. The number of carbonyl (C=O) groups excluding carboxylic acids is 2. The number of hydrogen-bond acceptors (Lipinski definition) is 5. The molecule has 2 aromatic heterocycles. The summed E-state index contributed by atoms with van der Waals surface area (Å²) in [5.41, 5.74) is 1.95. The van der Waals surface area contributed by atoms with Gasteiger partial charge in [0.15, 0.2) is 0 Å². The molecule has 34 heavy (non-hydrogen) atoms. The molecule has 0 unspecified atom stereocenters. The van der Waals surface area contributed by atoms with Crippen molar-refractivity contribution >= 4 is 23.3 Å². The van der Waals surface area contributed by atoms with Crippen LogP contribution in [0.25, 0.3) is 5.65 Å². The monoisotopic (exact) mass is 477 g/mol. The second-order valence-corrected chi connectivity index (χ2v) is 8.98. The van der Waals surface area contributed by atoms with Gasteiger partial charge in [0.1, 0.15) is 23.1 Å². The number of aryl methyl sites for hydroxylation is 2. The van der Waals surface area contributed by atoms with Gasteiger partial charge in [0, 0.05) is 44.0 Å². The Bertz CT molecular complexity index is 1270. The minimum absolute atomic E-state index is 0.0719. The van der Waals surface area contributed by atoms with Crippen molar-refractivity contribution in [1.82, 2.24) is 19.1 Å². The Balaban J connectivity index is 1.12. The fourth-order valence-corrected chi connectivity index (χ4v) is 4.75. The number of imidazole rings is 1. The number of anilines is 1. The number of nitrogens with one attached hydrogen (secondary N) is 1. The van der Waals surface area contributed by atoms with Gasteiger partial charge < -0.3 is 18.9 Å². The summed E-state index contributed by atoms with van der Waals surface area (Å²) in [4.78, 5) is 26.9. The second-order valence-electron chi connectivity index (χ2n) is 8.98. The Labute approximate surface area is 192 Å². The van der Waals surface area contributed by atoms with Gasteiger partial charge in [-0.1, -0.05) is 6.07 Å². The molecule has 0 atom stereocenters. The zero-order valence-corrected chi connectivity index (χ0v) is 18.4. The van der Waals surface area contributed by atoms with Crippen LogP contribution in [-0.4, -0.2) is 56.6 Å². The first-order valence-electron chi connectivity index (χ1n) is 10.6. The molecule has 2 fully saturated rings. The SMILES string of the molecule is Cc1ccc(OC(F)(F)F)cc1NC(=O)OC1CC2(C1)CN(C(=O)c1cnn3ccn(C)c13)C2. The number of fused-ring (bicyclic) bond motifs is 1. The molecular weight excluding hydrogens is 455 g/mol. The molecule has 1 N–H and O–H groups in total. The predicted octanol–water partition coefficient (Wildman–Crippen LogP) is 3.73. The first kappa shape index (κ1) is 22.1. The lowest BCUT2D eigenvalue weighted by Gasteiger charge is -2.58. The molecule has 1 aromatic carbocycles. The molecular formula is C22H22F3N5O4. The number of benzene rings is 1. The molecule has 180 valence electrons. The van der Waals surface area contributed by atoms with Gasteiger partial charge in [-0.25, -0.2) is 9.31 Å². The molecule has 0 radical (unpaired) electrons. The van der Waals surface area contributed by atoms with Gasteiger partial charge >= 0.3 is 12.5 Å². The van der Waals surface area contributed by atoms with Crippen LogP contribution >= 0.6 is 0 Å². The molecule has 1 aliphatic carbocycles. The molecule has 2 aliphatic rings. The molecule has 2 amide bonds. The maximum Gasteiger partial charge on any atom is 0.573 e. The molecule has 12 heteroatoms. The Kier molecular flexibility index (Phi) is 4.99. The smallest absolute Gasteiger partial charge is 0.446 e. The van der Waals surface area contributed by atoms with Crippen molar-refractivity contribution in [3.05, 3.63) is 47.9 Å². The average molecular weight is 477 g/mol. The molecule has 5 rings (SSSR count). The maximum absolute atomic E-state index is 12.9. The minimum Gasteiger partial charge on any atom is -0.446 e. The van der Waals surface area contributed by atoms with E-state index >= 15 is 0 Å². The van der Waals surface area contributed by atoms with E-state index in [0.29, 0.717) is 37.1 Å². The van der Waals surface area contributed by atoms with Crippen LogP contribution in [0.15, 0.2) is 36.8 Å². The quantitative estimate of drug-likeness (QED) is 0.619. The Morgan fingerprint density at radius 3 is 2.65 bits per heavy atom. The summed E-state index contributed by atoms with van der Waals surface area (Å²) in [6.07, 6.45) is 0.531. The van der Waals surface area contributed by atoms with Crippen LogP contribution in [0.3, 0.4) is 0 Å². The van der Waals surface area contributed by atoms with E-state index in [2.05, 4.69) is 15.2 Å². The third-order valence-electron chi connectivity index (χ3n) is 6.38. The van der Waals surface area contributed by atoms with Crippen LogP contribution < -0.4 is 10.1 Å². The fourth-order valence-electron chi connectivity index (χ4n) is 4.75. The summed E-state index contributed by atoms with van der Waals surface area (Å²) in [7, 11) is 1.85. The van der Waals surface area contributed by atoms with Gasteiger partial charge in [-0.3, -0.25) is 10.1 Å². The number of likely N-dealkylation sites (tertiary alicyclic amines) is 1. The van der Waals surface area contributed by atoms with Crippen molar-refractivity contribution in [3.8, 4) is 5.75 Å². The first-order valence-corrected chi connectivity index (χ1v) is 10.6. The number of nitrogens with zero attached hydrogens (tertiary/aromatic N) is 4. The van der Waals surface area contributed by atoms with E-state index in [1.54, 1.807) is 28.7 Å². The van der Waals surface area contributed by atoms with E-state index < -0.39 is 18.2 Å². The lowest BCUT2D eigenvalue weighted by molar-refractivity contribution is -0.274. The first-order chi connectivity index (χ1) is 16.0. The number of carbonyl (C=O) groups is 2. The summed E-state index contributed by atoms with van der Waals surface area (Å²) in [5.74, 6) is -0.512. The van der Waals surface area contributed by atoms with Crippen LogP contribution in [0, 0.1) is 12.3 Å². The fraction of sp³-hybridized carbons (Fsp3) is 0.409. The van der Waals surface area contributed by atoms with Gasteiger partial charge in [0.2, 0.25) is 0 Å². The number of rotatable bonds is 4. The topological polar surface area (TPSA) is 90.1 Å². The Morgan fingerprint density at radius 2 is 1.94 bits per heavy atom. The third-order valence-corrected chi connectivity index (χ3v) is 6.38. The van der Waals surface area contributed by atoms with Crippen LogP contribution in [0.1, 0.15) is 28.8 Å². The maximum atomic E-state index is 12.9. The summed E-state index contributed by atoms with van der Waals surface area (Å²) < 4.78 is 50.1. The highest BCUT2D eigenvalue weighted by atomic mass is 19.4. The van der Waals surface area contributed by atoms with Crippen molar-refractivity contribution in [3.63, 3.8) is 0 Å². The van der Waals surface area contributed by atoms with Gasteiger partial charge in [0.05, 0.1) is 11.9 Å². The number of hydrogen-bond donors (Lipinski definition) is 1. The van der Waals surface area contributed by atoms with E-state index in [0.717, 1.165) is 11.7 Å². The predicted molar refractivity (Wildman–Crippen MR) is 113 cm³/mol. The summed E-state index contributed by atoms with van der Waals surface area (Å²) >= 11 is 0. The highest BCUT2D eigenvalue weighted by Crippen LogP contribution is 2.50. The van der Waals surface area contributed by atoms with E-state index in [4.69, 9.17) is 4.74 Å². The van der Waals surface area contributed by atoms with E-state index in [-0.39, 0.29) is 23.1 Å². The standard InChI is InChI=1S/C22H22F3N5O4/c1-13-3-4-14(34-22(23,24)25)7-17(13)27-20(32)33-15-8-21(9-15)11-29(12-21)19(31)16-10-26-30-6-5-28(2)18(16)30/h3-7,10,15H,8-9,11-12H2,1-2H3,(H,27,32). The summed E-state index contributed by atoms with van der Waals surface area (Å²) in [6.45, 7) is 2.80. The number of amides is 2.